The molecule has 2 aliphatic heterocycles. The summed E-state index contributed by atoms with van der Waals surface area (Å²) in [6.45, 7) is 3.81. The van der Waals surface area contributed by atoms with Crippen LogP contribution >= 0.6 is 12.2 Å². The van der Waals surface area contributed by atoms with Gasteiger partial charge in [-0.05, 0) is 13.8 Å². The normalized spacial score (nSPS) is 38.5. The lowest BCUT2D eigenvalue weighted by Gasteiger charge is -2.16. The van der Waals surface area contributed by atoms with Crippen LogP contribution in [0.25, 0.3) is 0 Å². The Labute approximate surface area is 117 Å². The third-order valence-corrected chi connectivity index (χ3v) is 3.29. The van der Waals surface area contributed by atoms with Gasteiger partial charge in [-0.25, -0.2) is 0 Å². The van der Waals surface area contributed by atoms with Crippen molar-refractivity contribution in [1.82, 2.24) is 0 Å². The van der Waals surface area contributed by atoms with Crippen LogP contribution in [0.3, 0.4) is 0 Å². The minimum Gasteiger partial charge on any atom is -0.435 e. The molecule has 0 bridgehead atoms. The zero-order valence-electron chi connectivity index (χ0n) is 10.8. The molecule has 0 aromatic rings. The number of hydrogen-bond acceptors (Lipinski definition) is 5. The van der Waals surface area contributed by atoms with Crippen molar-refractivity contribution in [2.24, 2.45) is 0 Å². The van der Waals surface area contributed by atoms with Gasteiger partial charge in [-0.15, -0.1) is 0 Å². The second kappa shape index (κ2) is 4.68. The van der Waals surface area contributed by atoms with E-state index in [1.807, 2.05) is 13.8 Å². The van der Waals surface area contributed by atoms with Gasteiger partial charge in [-0.2, -0.15) is 0 Å². The van der Waals surface area contributed by atoms with E-state index in [4.69, 9.17) is 31.2 Å². The van der Waals surface area contributed by atoms with Gasteiger partial charge in [-0.3, -0.25) is 0 Å². The summed E-state index contributed by atoms with van der Waals surface area (Å²) in [6.07, 6.45) is 0.286. The molecule has 3 rings (SSSR count). The molecule has 0 radical (unpaired) electrons. The Balaban J connectivity index is 1.81. The SMILES string of the molecule is CC1(C)O[C@H]2CC#C[C@@H]3OC(=S)O[C@@H]3C#CC[C@@H]2O1. The van der Waals surface area contributed by atoms with Crippen LogP contribution in [0.1, 0.15) is 26.7 Å². The highest BCUT2D eigenvalue weighted by Crippen LogP contribution is 2.31. The second-order valence-electron chi connectivity index (χ2n) is 5.09. The van der Waals surface area contributed by atoms with Crippen LogP contribution < -0.4 is 0 Å². The predicted molar refractivity (Wildman–Crippen MR) is 71.0 cm³/mol. The lowest BCUT2D eigenvalue weighted by Crippen LogP contribution is -2.24. The summed E-state index contributed by atoms with van der Waals surface area (Å²) < 4.78 is 22.3. The molecule has 0 N–H and O–H groups in total. The predicted octanol–water partition coefficient (Wildman–Crippen LogP) is 1.38. The van der Waals surface area contributed by atoms with Crippen molar-refractivity contribution >= 4 is 17.5 Å². The highest BCUT2D eigenvalue weighted by Gasteiger charge is 2.41. The third-order valence-electron chi connectivity index (χ3n) is 3.10. The summed E-state index contributed by atoms with van der Waals surface area (Å²) in [4.78, 5) is 0. The maximum absolute atomic E-state index is 5.83. The van der Waals surface area contributed by atoms with Crippen molar-refractivity contribution in [3.8, 4) is 23.7 Å². The van der Waals surface area contributed by atoms with Crippen molar-refractivity contribution in [2.45, 2.75) is 56.9 Å². The van der Waals surface area contributed by atoms with Gasteiger partial charge in [0.2, 0.25) is 12.2 Å². The first-order chi connectivity index (χ1) is 9.03. The molecule has 0 aromatic carbocycles. The molecule has 4 nitrogen and oxygen atoms in total. The zero-order valence-corrected chi connectivity index (χ0v) is 11.6. The minimum atomic E-state index is -0.572. The van der Waals surface area contributed by atoms with Gasteiger partial charge in [0.25, 0.3) is 0 Å². The molecule has 0 saturated carbocycles. The largest absolute Gasteiger partial charge is 0.435 e. The average Bonchev–Trinajstić information content (AvgIpc) is 2.80. The maximum atomic E-state index is 5.83. The Kier molecular flexibility index (Phi) is 3.14. The molecule has 1 aliphatic carbocycles. The first kappa shape index (κ1) is 12.7. The second-order valence-corrected chi connectivity index (χ2v) is 5.42. The lowest BCUT2D eigenvalue weighted by molar-refractivity contribution is -0.145. The molecule has 0 unspecified atom stereocenters. The van der Waals surface area contributed by atoms with E-state index in [1.54, 1.807) is 0 Å². The Morgan fingerprint density at radius 1 is 1.00 bits per heavy atom. The van der Waals surface area contributed by atoms with Crippen LogP contribution in [0.4, 0.5) is 0 Å². The molecule has 100 valence electrons. The Morgan fingerprint density at radius 3 is 1.95 bits per heavy atom. The quantitative estimate of drug-likeness (QED) is 0.494. The molecule has 2 saturated heterocycles. The number of thiocarbonyl (C=S) groups is 1. The summed E-state index contributed by atoms with van der Waals surface area (Å²) in [5.74, 6) is 11.6. The molecule has 19 heavy (non-hydrogen) atoms. The van der Waals surface area contributed by atoms with Crippen LogP contribution in [-0.2, 0) is 18.9 Å². The van der Waals surface area contributed by atoms with E-state index in [-0.39, 0.29) is 17.4 Å². The number of hydrogen-bond donors (Lipinski definition) is 0. The number of fused-ring (bicyclic) bond motifs is 2. The molecular formula is C14H14O4S. The zero-order chi connectivity index (χ0) is 13.5. The van der Waals surface area contributed by atoms with E-state index < -0.39 is 18.0 Å². The Morgan fingerprint density at radius 2 is 1.47 bits per heavy atom. The molecule has 0 aromatic heterocycles. The van der Waals surface area contributed by atoms with E-state index in [0.29, 0.717) is 12.8 Å². The topological polar surface area (TPSA) is 36.9 Å². The van der Waals surface area contributed by atoms with Crippen LogP contribution in [0.2, 0.25) is 0 Å². The van der Waals surface area contributed by atoms with Crippen molar-refractivity contribution in [3.05, 3.63) is 0 Å². The van der Waals surface area contributed by atoms with Gasteiger partial charge in [-0.1, -0.05) is 23.7 Å². The standard InChI is InChI=1S/C14H14O4S/c1-14(2)17-11-7-3-5-9-10(16-13(19)15-9)6-4-8-12(11)18-14/h9-12H,7-8H2,1-2H3/t9-,10+,11-,12-/m0/s1. The molecule has 3 aliphatic rings. The summed E-state index contributed by atoms with van der Waals surface area (Å²) >= 11 is 4.87. The first-order valence-corrected chi connectivity index (χ1v) is 6.64. The smallest absolute Gasteiger partial charge is 0.355 e. The van der Waals surface area contributed by atoms with E-state index in [0.717, 1.165) is 0 Å². The van der Waals surface area contributed by atoms with Gasteiger partial charge in [0, 0.05) is 25.1 Å². The highest BCUT2D eigenvalue weighted by atomic mass is 32.1. The minimum absolute atomic E-state index is 0.0531. The van der Waals surface area contributed by atoms with Crippen molar-refractivity contribution in [1.29, 1.82) is 0 Å². The summed E-state index contributed by atoms with van der Waals surface area (Å²) in [5.41, 5.74) is 0. The van der Waals surface area contributed by atoms with E-state index in [1.165, 1.54) is 0 Å². The molecule has 4 atom stereocenters. The van der Waals surface area contributed by atoms with Gasteiger partial charge in [0.1, 0.15) is 0 Å². The fraction of sp³-hybridized carbons (Fsp3) is 0.643. The van der Waals surface area contributed by atoms with Crippen LogP contribution in [0.5, 0.6) is 0 Å². The fourth-order valence-electron chi connectivity index (χ4n) is 2.34. The summed E-state index contributed by atoms with van der Waals surface area (Å²) in [7, 11) is 0. The lowest BCUT2D eigenvalue weighted by atomic mass is 10.1. The Bertz CT molecular complexity index is 475. The molecule has 0 amide bonds. The number of rotatable bonds is 0. The van der Waals surface area contributed by atoms with Gasteiger partial charge in [0.15, 0.2) is 5.79 Å². The molecule has 0 spiro atoms. The number of ether oxygens (including phenoxy) is 4. The van der Waals surface area contributed by atoms with Gasteiger partial charge < -0.3 is 18.9 Å². The fourth-order valence-corrected chi connectivity index (χ4v) is 2.55. The molecular weight excluding hydrogens is 264 g/mol. The first-order valence-electron chi connectivity index (χ1n) is 6.23. The molecule has 5 heteroatoms. The summed E-state index contributed by atoms with van der Waals surface area (Å²) in [6, 6.07) is 0. The Hall–Kier alpha value is -1.27. The molecule has 2 heterocycles. The highest BCUT2D eigenvalue weighted by molar-refractivity contribution is 7.79. The van der Waals surface area contributed by atoms with E-state index in [2.05, 4.69) is 23.7 Å². The summed E-state index contributed by atoms with van der Waals surface area (Å²) in [5, 5.41) is 0.117. The van der Waals surface area contributed by atoms with Crippen molar-refractivity contribution in [2.75, 3.05) is 0 Å². The monoisotopic (exact) mass is 278 g/mol. The van der Waals surface area contributed by atoms with Gasteiger partial charge >= 0.3 is 5.24 Å². The molecule has 2 fully saturated rings. The van der Waals surface area contributed by atoms with Crippen LogP contribution in [0.15, 0.2) is 0 Å². The third kappa shape index (κ3) is 2.69. The van der Waals surface area contributed by atoms with Gasteiger partial charge in [0.05, 0.1) is 12.2 Å². The average molecular weight is 278 g/mol. The van der Waals surface area contributed by atoms with Crippen molar-refractivity contribution < 1.29 is 18.9 Å². The van der Waals surface area contributed by atoms with Crippen LogP contribution in [-0.4, -0.2) is 35.4 Å². The van der Waals surface area contributed by atoms with E-state index >= 15 is 0 Å². The van der Waals surface area contributed by atoms with Crippen LogP contribution in [0, 0.1) is 23.7 Å². The maximum Gasteiger partial charge on any atom is 0.355 e. The van der Waals surface area contributed by atoms with Crippen molar-refractivity contribution in [3.63, 3.8) is 0 Å². The van der Waals surface area contributed by atoms with E-state index in [9.17, 15) is 0 Å².